The first-order valence-electron chi connectivity index (χ1n) is 11.5. The summed E-state index contributed by atoms with van der Waals surface area (Å²) in [5.41, 5.74) is 1.17. The summed E-state index contributed by atoms with van der Waals surface area (Å²) in [5, 5.41) is 44.3. The number of hydrogen-bond donors (Lipinski definition) is 1. The fraction of sp³-hybridized carbons (Fsp3) is 0.348. The molecule has 14 heteroatoms. The van der Waals surface area contributed by atoms with Crippen molar-refractivity contribution in [2.24, 2.45) is 0 Å². The molecule has 5 heterocycles. The van der Waals surface area contributed by atoms with Crippen molar-refractivity contribution in [3.05, 3.63) is 64.1 Å². The van der Waals surface area contributed by atoms with Gasteiger partial charge < -0.3 is 14.7 Å². The van der Waals surface area contributed by atoms with Crippen LogP contribution in [0.25, 0.3) is 16.8 Å². The van der Waals surface area contributed by atoms with Gasteiger partial charge in [0.25, 0.3) is 0 Å². The Labute approximate surface area is 209 Å². The van der Waals surface area contributed by atoms with E-state index in [1.54, 1.807) is 22.6 Å². The van der Waals surface area contributed by atoms with Gasteiger partial charge in [-0.25, -0.2) is 13.6 Å². The number of aliphatic hydroxyl groups is 1. The Hall–Kier alpha value is -4.64. The predicted molar refractivity (Wildman–Crippen MR) is 126 cm³/mol. The summed E-state index contributed by atoms with van der Waals surface area (Å²) < 4.78 is 22.5. The third kappa shape index (κ3) is 4.40. The van der Waals surface area contributed by atoms with Crippen molar-refractivity contribution >= 4 is 11.2 Å². The Balaban J connectivity index is 1.59. The van der Waals surface area contributed by atoms with Crippen LogP contribution in [0.4, 0.5) is 10.1 Å². The molecule has 0 unspecified atom stereocenters. The lowest BCUT2D eigenvalue weighted by atomic mass is 10.0. The van der Waals surface area contributed by atoms with Crippen LogP contribution in [-0.4, -0.2) is 64.2 Å². The summed E-state index contributed by atoms with van der Waals surface area (Å²) in [4.78, 5) is 17.4. The highest BCUT2D eigenvalue weighted by Gasteiger charge is 2.33. The number of nitro groups is 1. The van der Waals surface area contributed by atoms with Crippen molar-refractivity contribution in [3.63, 3.8) is 0 Å². The smallest absolute Gasteiger partial charge is 0.324 e. The van der Waals surface area contributed by atoms with Gasteiger partial charge in [-0.15, -0.1) is 5.10 Å². The largest absolute Gasteiger partial charge is 0.473 e. The molecule has 4 aromatic rings. The van der Waals surface area contributed by atoms with Gasteiger partial charge in [-0.3, -0.25) is 15.1 Å². The fourth-order valence-electron chi connectivity index (χ4n) is 4.55. The summed E-state index contributed by atoms with van der Waals surface area (Å²) in [6, 6.07) is 4.05. The highest BCUT2D eigenvalue weighted by atomic mass is 19.1. The van der Waals surface area contributed by atoms with Crippen LogP contribution in [0.15, 0.2) is 36.8 Å². The minimum absolute atomic E-state index is 0.00243. The molecule has 1 N–H and O–H groups in total. The number of piperidine rings is 1. The van der Waals surface area contributed by atoms with Crippen LogP contribution in [0.3, 0.4) is 0 Å². The van der Waals surface area contributed by atoms with Gasteiger partial charge in [0.2, 0.25) is 5.75 Å². The van der Waals surface area contributed by atoms with E-state index in [4.69, 9.17) is 10.00 Å². The van der Waals surface area contributed by atoms with Crippen LogP contribution in [-0.2, 0) is 0 Å². The maximum atomic E-state index is 13.4. The molecular formula is C23H22FN9O4. The van der Waals surface area contributed by atoms with Crippen LogP contribution < -0.4 is 4.74 Å². The van der Waals surface area contributed by atoms with Gasteiger partial charge in [0, 0.05) is 19.3 Å². The maximum absolute atomic E-state index is 13.4. The molecule has 190 valence electrons. The van der Waals surface area contributed by atoms with Gasteiger partial charge in [0.05, 0.1) is 41.4 Å². The Morgan fingerprint density at radius 2 is 2.14 bits per heavy atom. The van der Waals surface area contributed by atoms with Crippen LogP contribution in [0.5, 0.6) is 5.75 Å². The minimum atomic E-state index is -1.10. The molecule has 0 bridgehead atoms. The second-order valence-corrected chi connectivity index (χ2v) is 8.62. The van der Waals surface area contributed by atoms with Crippen LogP contribution in [0, 0.1) is 34.3 Å². The van der Waals surface area contributed by atoms with Gasteiger partial charge in [-0.2, -0.15) is 10.4 Å². The number of nitriles is 1. The Morgan fingerprint density at radius 3 is 2.78 bits per heavy atom. The fourth-order valence-corrected chi connectivity index (χ4v) is 4.55. The van der Waals surface area contributed by atoms with Crippen LogP contribution in [0.1, 0.15) is 36.4 Å². The van der Waals surface area contributed by atoms with Crippen molar-refractivity contribution in [2.45, 2.75) is 31.9 Å². The first-order chi connectivity index (χ1) is 17.9. The highest BCUT2D eigenvalue weighted by molar-refractivity contribution is 5.82. The molecule has 5 rings (SSSR count). The van der Waals surface area contributed by atoms with Crippen molar-refractivity contribution < 1.29 is 19.2 Å². The highest BCUT2D eigenvalue weighted by Crippen LogP contribution is 2.43. The molecule has 1 aliphatic rings. The number of hydrogen-bond acceptors (Lipinski definition) is 10. The quantitative estimate of drug-likeness (QED) is 0.224. The van der Waals surface area contributed by atoms with Crippen molar-refractivity contribution in [3.8, 4) is 23.2 Å². The molecule has 37 heavy (non-hydrogen) atoms. The van der Waals surface area contributed by atoms with Gasteiger partial charge >= 0.3 is 5.69 Å². The van der Waals surface area contributed by atoms with Gasteiger partial charge in [-0.1, -0.05) is 5.21 Å². The lowest BCUT2D eigenvalue weighted by molar-refractivity contribution is -0.385. The molecule has 0 amide bonds. The number of fused-ring (bicyclic) bond motifs is 1. The molecule has 0 aromatic carbocycles. The minimum Gasteiger partial charge on any atom is -0.473 e. The second-order valence-electron chi connectivity index (χ2n) is 8.62. The van der Waals surface area contributed by atoms with E-state index in [0.717, 1.165) is 12.3 Å². The number of halogens is 1. The number of aliphatic hydroxyl groups excluding tert-OH is 1. The molecule has 0 spiro atoms. The average Bonchev–Trinajstić information content (AvgIpc) is 3.53. The zero-order valence-corrected chi connectivity index (χ0v) is 19.7. The van der Waals surface area contributed by atoms with E-state index in [1.807, 2.05) is 0 Å². The molecular weight excluding hydrogens is 485 g/mol. The predicted octanol–water partition coefficient (Wildman–Crippen LogP) is 2.57. The van der Waals surface area contributed by atoms with Gasteiger partial charge in [-0.05, 0) is 38.0 Å². The first kappa shape index (κ1) is 24.1. The summed E-state index contributed by atoms with van der Waals surface area (Å²) in [6.07, 6.45) is 6.35. The molecule has 0 saturated carbocycles. The third-order valence-corrected chi connectivity index (χ3v) is 6.45. The number of pyridine rings is 2. The normalized spacial score (nSPS) is 15.0. The lowest BCUT2D eigenvalue weighted by Crippen LogP contribution is -2.31. The van der Waals surface area contributed by atoms with E-state index < -0.39 is 23.5 Å². The van der Waals surface area contributed by atoms with Crippen molar-refractivity contribution in [1.29, 1.82) is 5.26 Å². The van der Waals surface area contributed by atoms with E-state index in [9.17, 15) is 19.6 Å². The number of likely N-dealkylation sites (tertiary alicyclic amines) is 1. The first-order valence-corrected chi connectivity index (χ1v) is 11.5. The topological polar surface area (TPSA) is 161 Å². The standard InChI is InChI=1S/C23H22FN9O4/c1-14-21(28-29-32(14)16-5-8-30(13-25)9-6-16)17-11-31-19(4-7-27-31)23(22(17)33(35)36)37-20(12-34)18-3-2-15(24)10-26-18/h2-4,7,10-11,16,20,34H,5-6,8-9,12H2,1H3/t20-/m1/s1. The van der Waals surface area contributed by atoms with Crippen LogP contribution in [0.2, 0.25) is 0 Å². The molecule has 4 aromatic heterocycles. The van der Waals surface area contributed by atoms with E-state index in [-0.39, 0.29) is 34.4 Å². The number of nitrogens with zero attached hydrogens (tertiary/aromatic N) is 9. The van der Waals surface area contributed by atoms with Crippen molar-refractivity contribution in [2.75, 3.05) is 19.7 Å². The molecule has 1 atom stereocenters. The molecule has 13 nitrogen and oxygen atoms in total. The Morgan fingerprint density at radius 1 is 1.35 bits per heavy atom. The SMILES string of the molecule is Cc1c(-c2cn3nccc3c(O[C@H](CO)c3ccc(F)cn3)c2[N+](=O)[O-])nnn1C1CCN(C#N)CC1. The molecule has 1 aliphatic heterocycles. The lowest BCUT2D eigenvalue weighted by Gasteiger charge is -2.28. The Kier molecular flexibility index (Phi) is 6.36. The summed E-state index contributed by atoms with van der Waals surface area (Å²) >= 11 is 0. The summed E-state index contributed by atoms with van der Waals surface area (Å²) in [6.45, 7) is 2.40. The number of aromatic nitrogens is 6. The summed E-state index contributed by atoms with van der Waals surface area (Å²) in [5.74, 6) is -0.704. The number of ether oxygens (including phenoxy) is 1. The molecule has 0 radical (unpaired) electrons. The molecule has 1 saturated heterocycles. The zero-order valence-electron chi connectivity index (χ0n) is 19.7. The van der Waals surface area contributed by atoms with Crippen LogP contribution >= 0.6 is 0 Å². The van der Waals surface area contributed by atoms with Gasteiger partial charge in [0.1, 0.15) is 22.6 Å². The van der Waals surface area contributed by atoms with E-state index in [0.29, 0.717) is 37.1 Å². The maximum Gasteiger partial charge on any atom is 0.324 e. The molecule has 0 aliphatic carbocycles. The summed E-state index contributed by atoms with van der Waals surface area (Å²) in [7, 11) is 0. The van der Waals surface area contributed by atoms with E-state index >= 15 is 0 Å². The monoisotopic (exact) mass is 507 g/mol. The molecule has 1 fully saturated rings. The van der Waals surface area contributed by atoms with E-state index in [2.05, 4.69) is 26.6 Å². The number of rotatable bonds is 7. The van der Waals surface area contributed by atoms with Gasteiger partial charge in [0.15, 0.2) is 12.3 Å². The third-order valence-electron chi connectivity index (χ3n) is 6.45. The van der Waals surface area contributed by atoms with E-state index in [1.165, 1.54) is 23.0 Å². The average molecular weight is 507 g/mol. The second kappa shape index (κ2) is 9.78. The Bertz CT molecular complexity index is 1490. The zero-order chi connectivity index (χ0) is 26.1. The van der Waals surface area contributed by atoms with Crippen molar-refractivity contribution in [1.82, 2.24) is 34.5 Å².